The Balaban J connectivity index is 1.32. The highest BCUT2D eigenvalue weighted by Crippen LogP contribution is 2.29. The first kappa shape index (κ1) is 20.9. The maximum Gasteiger partial charge on any atom is 0.254 e. The van der Waals surface area contributed by atoms with E-state index in [2.05, 4.69) is 10.3 Å². The molecule has 1 N–H and O–H groups in total. The van der Waals surface area contributed by atoms with Crippen LogP contribution in [-0.2, 0) is 17.8 Å². The van der Waals surface area contributed by atoms with Crippen LogP contribution in [0.5, 0.6) is 0 Å². The number of thiazole rings is 1. The summed E-state index contributed by atoms with van der Waals surface area (Å²) in [6.45, 7) is 1.03. The van der Waals surface area contributed by atoms with Crippen molar-refractivity contribution < 1.29 is 18.8 Å². The Morgan fingerprint density at radius 2 is 1.74 bits per heavy atom. The summed E-state index contributed by atoms with van der Waals surface area (Å²) in [7, 11) is 0. The van der Waals surface area contributed by atoms with E-state index in [-0.39, 0.29) is 30.4 Å². The molecule has 2 aromatic carbocycles. The van der Waals surface area contributed by atoms with Crippen LogP contribution in [0.2, 0.25) is 0 Å². The van der Waals surface area contributed by atoms with E-state index in [0.29, 0.717) is 35.8 Å². The Kier molecular flexibility index (Phi) is 6.18. The van der Waals surface area contributed by atoms with Gasteiger partial charge in [-0.3, -0.25) is 14.4 Å². The van der Waals surface area contributed by atoms with Crippen molar-refractivity contribution in [2.45, 2.75) is 25.8 Å². The average molecular weight is 437 g/mol. The third-order valence-electron chi connectivity index (χ3n) is 5.03. The molecule has 0 saturated heterocycles. The Hall–Kier alpha value is -3.39. The Morgan fingerprint density at radius 1 is 1.00 bits per heavy atom. The van der Waals surface area contributed by atoms with Crippen molar-refractivity contribution in [3.05, 3.63) is 82.1 Å². The fourth-order valence-corrected chi connectivity index (χ4v) is 4.41. The molecule has 2 amide bonds. The van der Waals surface area contributed by atoms with Gasteiger partial charge < -0.3 is 10.2 Å². The Labute approximate surface area is 182 Å². The van der Waals surface area contributed by atoms with E-state index in [1.54, 1.807) is 17.0 Å². The number of rotatable bonds is 6. The number of carbonyl (C=O) groups is 3. The van der Waals surface area contributed by atoms with E-state index in [0.717, 1.165) is 10.6 Å². The summed E-state index contributed by atoms with van der Waals surface area (Å²) >= 11 is 1.35. The Bertz CT molecular complexity index is 1110. The predicted molar refractivity (Wildman–Crippen MR) is 116 cm³/mol. The summed E-state index contributed by atoms with van der Waals surface area (Å²) in [6.07, 6.45) is 0.671. The van der Waals surface area contributed by atoms with Gasteiger partial charge in [0.05, 0.1) is 12.2 Å². The van der Waals surface area contributed by atoms with Crippen molar-refractivity contribution in [2.75, 3.05) is 11.9 Å². The number of benzene rings is 2. The maximum atomic E-state index is 13.0. The summed E-state index contributed by atoms with van der Waals surface area (Å²) in [5.41, 5.74) is 1.91. The lowest BCUT2D eigenvalue weighted by Gasteiger charge is -2.26. The van der Waals surface area contributed by atoms with Gasteiger partial charge in [-0.05, 0) is 36.4 Å². The zero-order chi connectivity index (χ0) is 21.8. The van der Waals surface area contributed by atoms with Crippen LogP contribution in [0.4, 0.5) is 9.52 Å². The lowest BCUT2D eigenvalue weighted by Crippen LogP contribution is -2.35. The summed E-state index contributed by atoms with van der Waals surface area (Å²) < 4.78 is 13.0. The van der Waals surface area contributed by atoms with Gasteiger partial charge in [-0.15, -0.1) is 0 Å². The number of anilines is 1. The molecule has 0 fully saturated rings. The van der Waals surface area contributed by atoms with Crippen molar-refractivity contribution in [2.24, 2.45) is 0 Å². The molecule has 6 nitrogen and oxygen atoms in total. The van der Waals surface area contributed by atoms with Crippen molar-refractivity contribution in [1.29, 1.82) is 0 Å². The minimum atomic E-state index is -0.411. The van der Waals surface area contributed by atoms with Gasteiger partial charge in [-0.25, -0.2) is 9.37 Å². The standard InChI is InChI=1S/C23H20FN3O3S/c24-17-8-6-15(7-9-17)19(28)10-11-21(29)26-23-25-18-12-13-27(14-20(18)31-23)22(30)16-4-2-1-3-5-16/h1-9H,10-14H2,(H,25,26,29). The first-order valence-corrected chi connectivity index (χ1v) is 10.7. The highest BCUT2D eigenvalue weighted by molar-refractivity contribution is 7.15. The first-order valence-electron chi connectivity index (χ1n) is 9.91. The molecule has 1 aromatic heterocycles. The summed E-state index contributed by atoms with van der Waals surface area (Å²) in [5.74, 6) is -0.960. The van der Waals surface area contributed by atoms with Gasteiger partial charge in [-0.1, -0.05) is 29.5 Å². The van der Waals surface area contributed by atoms with E-state index in [1.807, 2.05) is 18.2 Å². The van der Waals surface area contributed by atoms with Crippen LogP contribution in [0.15, 0.2) is 54.6 Å². The van der Waals surface area contributed by atoms with Crippen LogP contribution in [0.1, 0.15) is 44.1 Å². The van der Waals surface area contributed by atoms with E-state index in [1.165, 1.54) is 35.6 Å². The third kappa shape index (κ3) is 5.03. The third-order valence-corrected chi connectivity index (χ3v) is 6.03. The van der Waals surface area contributed by atoms with E-state index in [9.17, 15) is 18.8 Å². The molecule has 1 aliphatic heterocycles. The van der Waals surface area contributed by atoms with Crippen molar-refractivity contribution >= 4 is 34.1 Å². The van der Waals surface area contributed by atoms with Crippen molar-refractivity contribution in [1.82, 2.24) is 9.88 Å². The molecule has 0 saturated carbocycles. The predicted octanol–water partition coefficient (Wildman–Crippen LogP) is 4.08. The minimum Gasteiger partial charge on any atom is -0.333 e. The number of nitrogens with zero attached hydrogens (tertiary/aromatic N) is 2. The van der Waals surface area contributed by atoms with Gasteiger partial charge in [0, 0.05) is 41.8 Å². The lowest BCUT2D eigenvalue weighted by atomic mass is 10.1. The first-order chi connectivity index (χ1) is 15.0. The second-order valence-corrected chi connectivity index (χ2v) is 8.29. The molecule has 0 aliphatic carbocycles. The molecule has 0 bridgehead atoms. The molecule has 0 unspecified atom stereocenters. The summed E-state index contributed by atoms with van der Waals surface area (Å²) in [5, 5.41) is 3.21. The van der Waals surface area contributed by atoms with Gasteiger partial charge in [-0.2, -0.15) is 0 Å². The summed E-state index contributed by atoms with van der Waals surface area (Å²) in [4.78, 5) is 44.3. The van der Waals surface area contributed by atoms with Gasteiger partial charge in [0.2, 0.25) is 5.91 Å². The number of aromatic nitrogens is 1. The molecular weight excluding hydrogens is 417 g/mol. The van der Waals surface area contributed by atoms with Gasteiger partial charge >= 0.3 is 0 Å². The molecule has 158 valence electrons. The number of ketones is 1. The van der Waals surface area contributed by atoms with Crippen LogP contribution in [0, 0.1) is 5.82 Å². The molecule has 2 heterocycles. The normalized spacial score (nSPS) is 12.9. The van der Waals surface area contributed by atoms with Gasteiger partial charge in [0.1, 0.15) is 5.82 Å². The summed E-state index contributed by atoms with van der Waals surface area (Å²) in [6, 6.07) is 14.4. The molecular formula is C23H20FN3O3S. The zero-order valence-corrected chi connectivity index (χ0v) is 17.5. The highest BCUT2D eigenvalue weighted by atomic mass is 32.1. The number of Topliss-reactive ketones (excluding diaryl/α,β-unsaturated/α-hetero) is 1. The van der Waals surface area contributed by atoms with Crippen LogP contribution in [-0.4, -0.2) is 34.0 Å². The zero-order valence-electron chi connectivity index (χ0n) is 16.6. The quantitative estimate of drug-likeness (QED) is 0.590. The smallest absolute Gasteiger partial charge is 0.254 e. The molecule has 31 heavy (non-hydrogen) atoms. The number of nitrogens with one attached hydrogen (secondary N) is 1. The molecule has 0 spiro atoms. The van der Waals surface area contributed by atoms with E-state index >= 15 is 0 Å². The largest absolute Gasteiger partial charge is 0.333 e. The second-order valence-electron chi connectivity index (χ2n) is 7.21. The molecule has 0 atom stereocenters. The van der Waals surface area contributed by atoms with Gasteiger partial charge in [0.25, 0.3) is 5.91 Å². The topological polar surface area (TPSA) is 79.4 Å². The number of carbonyl (C=O) groups excluding carboxylic acids is 3. The number of fused-ring (bicyclic) bond motifs is 1. The maximum absolute atomic E-state index is 13.0. The van der Waals surface area contributed by atoms with Crippen LogP contribution in [0.25, 0.3) is 0 Å². The molecule has 1 aliphatic rings. The fraction of sp³-hybridized carbons (Fsp3) is 0.217. The van der Waals surface area contributed by atoms with Crippen LogP contribution < -0.4 is 5.32 Å². The van der Waals surface area contributed by atoms with Crippen LogP contribution in [0.3, 0.4) is 0 Å². The number of amides is 2. The molecule has 0 radical (unpaired) electrons. The van der Waals surface area contributed by atoms with Gasteiger partial charge in [0.15, 0.2) is 10.9 Å². The molecule has 4 rings (SSSR count). The number of hydrogen-bond acceptors (Lipinski definition) is 5. The lowest BCUT2D eigenvalue weighted by molar-refractivity contribution is -0.116. The number of halogens is 1. The highest BCUT2D eigenvalue weighted by Gasteiger charge is 2.25. The Morgan fingerprint density at radius 3 is 2.48 bits per heavy atom. The monoisotopic (exact) mass is 437 g/mol. The number of hydrogen-bond donors (Lipinski definition) is 1. The SMILES string of the molecule is O=C(CCC(=O)c1ccc(F)cc1)Nc1nc2c(s1)CN(C(=O)c1ccccc1)CC2. The minimum absolute atomic E-state index is 0.0130. The van der Waals surface area contributed by atoms with E-state index in [4.69, 9.17) is 0 Å². The molecule has 8 heteroatoms. The van der Waals surface area contributed by atoms with E-state index < -0.39 is 5.82 Å². The van der Waals surface area contributed by atoms with Crippen molar-refractivity contribution in [3.8, 4) is 0 Å². The molecule has 3 aromatic rings. The fourth-order valence-electron chi connectivity index (χ4n) is 3.37. The van der Waals surface area contributed by atoms with Crippen molar-refractivity contribution in [3.63, 3.8) is 0 Å². The second kappa shape index (κ2) is 9.18. The van der Waals surface area contributed by atoms with Crippen LogP contribution >= 0.6 is 11.3 Å². The average Bonchev–Trinajstić information content (AvgIpc) is 3.19.